The van der Waals surface area contributed by atoms with Crippen molar-refractivity contribution in [1.29, 1.82) is 0 Å². The monoisotopic (exact) mass is 643 g/mol. The summed E-state index contributed by atoms with van der Waals surface area (Å²) in [6.45, 7) is 13.2. The highest BCUT2D eigenvalue weighted by atomic mass is 35.5. The largest absolute Gasteiger partial charge is 0.497 e. The van der Waals surface area contributed by atoms with Gasteiger partial charge in [-0.15, -0.1) is 0 Å². The van der Waals surface area contributed by atoms with Crippen molar-refractivity contribution in [2.45, 2.75) is 54.4 Å². The normalized spacial score (nSPS) is 10.5. The van der Waals surface area contributed by atoms with Crippen LogP contribution in [0.3, 0.4) is 0 Å². The van der Waals surface area contributed by atoms with Gasteiger partial charge in [-0.2, -0.15) is 0 Å². The summed E-state index contributed by atoms with van der Waals surface area (Å²) in [7, 11) is 0.256. The molecule has 0 aliphatic carbocycles. The molecule has 44 heavy (non-hydrogen) atoms. The Morgan fingerprint density at radius 1 is 0.886 bits per heavy atom. The number of hydrogen-bond acceptors (Lipinski definition) is 7. The molecular weight excluding hydrogens is 601 g/mol. The van der Waals surface area contributed by atoms with E-state index >= 15 is 0 Å². The Kier molecular flexibility index (Phi) is 16.7. The summed E-state index contributed by atoms with van der Waals surface area (Å²) < 4.78 is 28.9. The van der Waals surface area contributed by atoms with E-state index in [0.29, 0.717) is 43.4 Å². The van der Waals surface area contributed by atoms with Gasteiger partial charge in [0, 0.05) is 16.1 Å². The molecule has 0 fully saturated rings. The first-order valence-corrected chi connectivity index (χ1v) is 16.1. The second kappa shape index (κ2) is 19.9. The lowest BCUT2D eigenvalue weighted by Crippen LogP contribution is -2.12. The van der Waals surface area contributed by atoms with Crippen LogP contribution in [0.4, 0.5) is 0 Å². The van der Waals surface area contributed by atoms with Gasteiger partial charge in [0.25, 0.3) is 0 Å². The molecule has 10 heteroatoms. The molecule has 0 aliphatic heterocycles. The van der Waals surface area contributed by atoms with Crippen molar-refractivity contribution in [2.75, 3.05) is 26.9 Å². The van der Waals surface area contributed by atoms with Gasteiger partial charge in [-0.25, -0.2) is 0 Å². The van der Waals surface area contributed by atoms with Crippen molar-refractivity contribution in [3.05, 3.63) is 94.1 Å². The molecule has 0 saturated carbocycles. The molecule has 4 aromatic rings. The lowest BCUT2D eigenvalue weighted by Gasteiger charge is -2.14. The van der Waals surface area contributed by atoms with Gasteiger partial charge < -0.3 is 23.0 Å². The number of carbonyl (C=O) groups excluding carboxylic acids is 2. The van der Waals surface area contributed by atoms with Crippen LogP contribution in [0.1, 0.15) is 50.1 Å². The Labute approximate surface area is 267 Å². The van der Waals surface area contributed by atoms with E-state index in [2.05, 4.69) is 0 Å². The van der Waals surface area contributed by atoms with Crippen LogP contribution < -0.4 is 9.47 Å². The first-order chi connectivity index (χ1) is 21.3. The Morgan fingerprint density at radius 3 is 2.05 bits per heavy atom. The summed E-state index contributed by atoms with van der Waals surface area (Å²) in [4.78, 5) is 24.3. The topological polar surface area (TPSA) is 85.2 Å². The number of carbonyl (C=O) groups is 2. The molecule has 0 amide bonds. The lowest BCUT2D eigenvalue weighted by atomic mass is 10.1. The van der Waals surface area contributed by atoms with Gasteiger partial charge in [0.1, 0.15) is 11.5 Å². The van der Waals surface area contributed by atoms with Crippen molar-refractivity contribution in [3.63, 3.8) is 0 Å². The summed E-state index contributed by atoms with van der Waals surface area (Å²) in [5.74, 6) is 0.695. The fourth-order valence-corrected chi connectivity index (χ4v) is 5.12. The summed E-state index contributed by atoms with van der Waals surface area (Å²) in [5, 5.41) is 1.59. The lowest BCUT2D eigenvalue weighted by molar-refractivity contribution is -0.133. The molecule has 0 unspecified atom stereocenters. The summed E-state index contributed by atoms with van der Waals surface area (Å²) in [5.41, 5.74) is 4.44. The van der Waals surface area contributed by atoms with Crippen LogP contribution in [-0.2, 0) is 36.0 Å². The summed E-state index contributed by atoms with van der Waals surface area (Å²) in [6.07, 6.45) is 1.46. The zero-order valence-corrected chi connectivity index (χ0v) is 28.2. The highest BCUT2D eigenvalue weighted by molar-refractivity contribution is 7.41. The molecule has 0 N–H and O–H groups in total. The summed E-state index contributed by atoms with van der Waals surface area (Å²) >= 11 is 5.61. The second-order valence-corrected chi connectivity index (χ2v) is 10.8. The van der Waals surface area contributed by atoms with E-state index in [4.69, 9.17) is 34.6 Å². The zero-order chi connectivity index (χ0) is 32.5. The number of esters is 1. The highest BCUT2D eigenvalue weighted by Crippen LogP contribution is 2.39. The number of hydrogen-bond donors (Lipinski definition) is 0. The highest BCUT2D eigenvalue weighted by Gasteiger charge is 2.18. The number of methoxy groups -OCH3 is 1. The van der Waals surface area contributed by atoms with Gasteiger partial charge in [0.15, 0.2) is 0 Å². The minimum atomic E-state index is -1.32. The maximum absolute atomic E-state index is 12.7. The van der Waals surface area contributed by atoms with E-state index in [0.717, 1.165) is 33.5 Å². The molecular formula is C34H43ClNO7P. The van der Waals surface area contributed by atoms with Crippen LogP contribution in [0, 0.1) is 13.8 Å². The standard InChI is InChI=1S/C25H30NO7P.C7H7Cl.C2H6/c1-5-30-34(31-6-2)32-14-13-19-7-9-20(10-8-19)33-25(28)16-22-18(3)26(17-27)24-12-11-21(29-4)15-23(22)24;1-6-2-4-7(8)5-3-6;1-2/h7-12,15,17H,5-6,13-14,16H2,1-4H3;2-5H,1H3;1-2H3. The molecule has 0 bridgehead atoms. The van der Waals surface area contributed by atoms with Gasteiger partial charge in [0.05, 0.1) is 38.9 Å². The average molecular weight is 644 g/mol. The van der Waals surface area contributed by atoms with E-state index < -0.39 is 14.6 Å². The van der Waals surface area contributed by atoms with Crippen LogP contribution >= 0.6 is 20.2 Å². The molecule has 238 valence electrons. The molecule has 1 heterocycles. The van der Waals surface area contributed by atoms with Crippen LogP contribution in [0.25, 0.3) is 10.9 Å². The first kappa shape index (κ1) is 36.9. The van der Waals surface area contributed by atoms with E-state index in [1.54, 1.807) is 31.4 Å². The molecule has 0 aliphatic rings. The Balaban J connectivity index is 0.000000577. The third kappa shape index (κ3) is 11.3. The fourth-order valence-electron chi connectivity index (χ4n) is 4.10. The van der Waals surface area contributed by atoms with Crippen LogP contribution in [0.2, 0.25) is 5.02 Å². The number of aromatic nitrogens is 1. The summed E-state index contributed by atoms with van der Waals surface area (Å²) in [6, 6.07) is 20.5. The fraction of sp³-hybridized carbons (Fsp3) is 0.353. The number of ether oxygens (including phenoxy) is 2. The van der Waals surface area contributed by atoms with Crippen molar-refractivity contribution < 1.29 is 32.6 Å². The Hall–Kier alpha value is -3.26. The number of fused-ring (bicyclic) bond motifs is 1. The minimum Gasteiger partial charge on any atom is -0.497 e. The average Bonchev–Trinajstić information content (AvgIpc) is 3.30. The van der Waals surface area contributed by atoms with E-state index in [9.17, 15) is 9.59 Å². The maximum atomic E-state index is 12.7. The first-order valence-electron chi connectivity index (χ1n) is 14.6. The van der Waals surface area contributed by atoms with Crippen molar-refractivity contribution in [1.82, 2.24) is 4.57 Å². The molecule has 4 rings (SSSR count). The van der Waals surface area contributed by atoms with Gasteiger partial charge >= 0.3 is 14.6 Å². The number of halogens is 1. The molecule has 0 saturated heterocycles. The molecule has 8 nitrogen and oxygen atoms in total. The number of benzene rings is 3. The van der Waals surface area contributed by atoms with Crippen LogP contribution in [-0.4, -0.2) is 43.9 Å². The number of nitrogens with zero attached hydrogens (tertiary/aromatic N) is 1. The quantitative estimate of drug-likeness (QED) is 0.0624. The SMILES string of the molecule is CC.CCOP(OCC)OCCc1ccc(OC(=O)Cc2c(C)n(C=O)c3ccc(OC)cc23)cc1.Cc1ccc(Cl)cc1. The van der Waals surface area contributed by atoms with E-state index in [1.165, 1.54) is 10.1 Å². The van der Waals surface area contributed by atoms with E-state index in [-0.39, 0.29) is 6.42 Å². The zero-order valence-electron chi connectivity index (χ0n) is 26.6. The molecule has 0 radical (unpaired) electrons. The third-order valence-electron chi connectivity index (χ3n) is 6.24. The van der Waals surface area contributed by atoms with Gasteiger partial charge in [0.2, 0.25) is 6.41 Å². The third-order valence-corrected chi connectivity index (χ3v) is 7.82. The Morgan fingerprint density at radius 2 is 1.50 bits per heavy atom. The van der Waals surface area contributed by atoms with Crippen molar-refractivity contribution in [3.8, 4) is 11.5 Å². The molecule has 0 spiro atoms. The Bertz CT molecular complexity index is 1410. The van der Waals surface area contributed by atoms with Crippen LogP contribution in [0.5, 0.6) is 11.5 Å². The molecule has 0 atom stereocenters. The molecule has 1 aromatic heterocycles. The molecule has 3 aromatic carbocycles. The maximum Gasteiger partial charge on any atom is 0.332 e. The second-order valence-electron chi connectivity index (χ2n) is 9.16. The van der Waals surface area contributed by atoms with Crippen molar-refractivity contribution in [2.24, 2.45) is 0 Å². The van der Waals surface area contributed by atoms with Gasteiger partial charge in [-0.05, 0) is 87.7 Å². The number of rotatable bonds is 13. The van der Waals surface area contributed by atoms with Crippen LogP contribution in [0.15, 0.2) is 66.7 Å². The van der Waals surface area contributed by atoms with E-state index in [1.807, 2.05) is 84.0 Å². The predicted octanol–water partition coefficient (Wildman–Crippen LogP) is 8.68. The van der Waals surface area contributed by atoms with Crippen molar-refractivity contribution >= 4 is 43.5 Å². The number of aryl methyl sites for hydroxylation is 1. The predicted molar refractivity (Wildman–Crippen MR) is 179 cm³/mol. The van der Waals surface area contributed by atoms with Gasteiger partial charge in [-0.3, -0.25) is 14.2 Å². The van der Waals surface area contributed by atoms with Gasteiger partial charge in [-0.1, -0.05) is 55.3 Å². The minimum absolute atomic E-state index is 0.0321. The smallest absolute Gasteiger partial charge is 0.332 e.